The molecule has 7 nitrogen and oxygen atoms in total. The van der Waals surface area contributed by atoms with E-state index >= 15 is 0 Å². The van der Waals surface area contributed by atoms with Crippen LogP contribution < -0.4 is 0 Å². The average Bonchev–Trinajstić information content (AvgIpc) is 3.11. The van der Waals surface area contributed by atoms with Crippen molar-refractivity contribution in [2.24, 2.45) is 4.99 Å². The molecule has 0 amide bonds. The van der Waals surface area contributed by atoms with Crippen molar-refractivity contribution >= 4 is 48.6 Å². The van der Waals surface area contributed by atoms with E-state index in [1.165, 1.54) is 40.3 Å². The van der Waals surface area contributed by atoms with Gasteiger partial charge in [-0.05, 0) is 29.8 Å². The zero-order chi connectivity index (χ0) is 18.7. The van der Waals surface area contributed by atoms with Gasteiger partial charge in [0.25, 0.3) is 15.7 Å². The fourth-order valence-electron chi connectivity index (χ4n) is 2.35. The van der Waals surface area contributed by atoms with Gasteiger partial charge in [-0.25, -0.2) is 12.7 Å². The van der Waals surface area contributed by atoms with Gasteiger partial charge in [0.2, 0.25) is 0 Å². The van der Waals surface area contributed by atoms with Crippen LogP contribution >= 0.6 is 27.7 Å². The molecule has 0 aromatic heterocycles. The summed E-state index contributed by atoms with van der Waals surface area (Å²) >= 11 is 4.73. The van der Waals surface area contributed by atoms with Crippen LogP contribution in [-0.4, -0.2) is 35.9 Å². The highest BCUT2D eigenvalue weighted by molar-refractivity contribution is 9.10. The predicted molar refractivity (Wildman–Crippen MR) is 105 cm³/mol. The Morgan fingerprint density at radius 2 is 1.81 bits per heavy atom. The highest BCUT2D eigenvalue weighted by Crippen LogP contribution is 2.27. The van der Waals surface area contributed by atoms with Crippen molar-refractivity contribution in [3.8, 4) is 0 Å². The topological polar surface area (TPSA) is 92.9 Å². The number of sulfonamides is 1. The minimum Gasteiger partial charge on any atom is -0.260 e. The van der Waals surface area contributed by atoms with Gasteiger partial charge in [0.1, 0.15) is 0 Å². The molecule has 0 N–H and O–H groups in total. The van der Waals surface area contributed by atoms with Gasteiger partial charge in [-0.3, -0.25) is 15.1 Å². The first-order chi connectivity index (χ1) is 12.4. The second-order valence-electron chi connectivity index (χ2n) is 5.41. The Hall–Kier alpha value is -1.91. The van der Waals surface area contributed by atoms with Gasteiger partial charge in [0, 0.05) is 22.4 Å². The highest BCUT2D eigenvalue weighted by Gasteiger charge is 2.31. The maximum Gasteiger partial charge on any atom is 0.269 e. The number of benzene rings is 2. The smallest absolute Gasteiger partial charge is 0.260 e. The Labute approximate surface area is 163 Å². The van der Waals surface area contributed by atoms with Gasteiger partial charge in [-0.1, -0.05) is 39.8 Å². The van der Waals surface area contributed by atoms with Crippen LogP contribution in [0.5, 0.6) is 0 Å². The molecular formula is C16H14BrN3O4S2. The zero-order valence-electron chi connectivity index (χ0n) is 13.4. The monoisotopic (exact) mass is 455 g/mol. The van der Waals surface area contributed by atoms with Crippen LogP contribution in [0.3, 0.4) is 0 Å². The number of amidine groups is 1. The first kappa shape index (κ1) is 18.9. The van der Waals surface area contributed by atoms with Gasteiger partial charge >= 0.3 is 0 Å². The van der Waals surface area contributed by atoms with E-state index in [-0.39, 0.29) is 17.1 Å². The molecule has 0 radical (unpaired) electrons. The Balaban J connectivity index is 1.75. The van der Waals surface area contributed by atoms with E-state index in [0.29, 0.717) is 17.5 Å². The van der Waals surface area contributed by atoms with E-state index in [2.05, 4.69) is 20.9 Å². The van der Waals surface area contributed by atoms with Crippen LogP contribution in [0.2, 0.25) is 0 Å². The average molecular weight is 456 g/mol. The number of aliphatic imine (C=N–C) groups is 1. The summed E-state index contributed by atoms with van der Waals surface area (Å²) in [6.45, 7) is 0.664. The van der Waals surface area contributed by atoms with Crippen molar-refractivity contribution in [2.45, 2.75) is 10.6 Å². The molecule has 0 spiro atoms. The first-order valence-electron chi connectivity index (χ1n) is 7.57. The van der Waals surface area contributed by atoms with E-state index in [9.17, 15) is 18.5 Å². The lowest BCUT2D eigenvalue weighted by atomic mass is 10.2. The summed E-state index contributed by atoms with van der Waals surface area (Å²) in [7, 11) is -3.79. The fourth-order valence-corrected chi connectivity index (χ4v) is 5.29. The van der Waals surface area contributed by atoms with Crippen molar-refractivity contribution < 1.29 is 13.3 Å². The third-order valence-corrected chi connectivity index (χ3v) is 7.21. The lowest BCUT2D eigenvalue weighted by Crippen LogP contribution is -2.32. The number of nitro benzene ring substituents is 1. The van der Waals surface area contributed by atoms with Gasteiger partial charge in [0.15, 0.2) is 5.17 Å². The molecule has 26 heavy (non-hydrogen) atoms. The number of nitrogens with zero attached hydrogens (tertiary/aromatic N) is 3. The van der Waals surface area contributed by atoms with E-state index in [4.69, 9.17) is 0 Å². The van der Waals surface area contributed by atoms with Crippen LogP contribution in [0.4, 0.5) is 5.69 Å². The number of non-ortho nitro benzene ring substituents is 1. The van der Waals surface area contributed by atoms with Crippen LogP contribution in [-0.2, 0) is 15.8 Å². The third-order valence-electron chi connectivity index (χ3n) is 3.68. The molecule has 1 aliphatic heterocycles. The van der Waals surface area contributed by atoms with Crippen LogP contribution in [0, 0.1) is 10.1 Å². The van der Waals surface area contributed by atoms with E-state index < -0.39 is 14.9 Å². The lowest BCUT2D eigenvalue weighted by Gasteiger charge is -2.19. The molecule has 0 unspecified atom stereocenters. The van der Waals surface area contributed by atoms with Gasteiger partial charge in [0.05, 0.1) is 22.9 Å². The molecule has 2 aromatic rings. The van der Waals surface area contributed by atoms with Crippen molar-refractivity contribution in [3.63, 3.8) is 0 Å². The largest absolute Gasteiger partial charge is 0.269 e. The van der Waals surface area contributed by atoms with E-state index in [0.717, 1.165) is 10.0 Å². The number of nitro groups is 1. The molecule has 0 fully saturated rings. The Morgan fingerprint density at radius 3 is 2.42 bits per heavy atom. The maximum absolute atomic E-state index is 12.8. The standard InChI is InChI=1S/C16H14BrN3O4S2/c17-13-3-1-12(2-4-13)11-25-16-18-9-10-19(16)26(23,24)15-7-5-14(6-8-15)20(21)22/h1-8H,9-11H2. The van der Waals surface area contributed by atoms with Gasteiger partial charge < -0.3 is 0 Å². The summed E-state index contributed by atoms with van der Waals surface area (Å²) in [6, 6.07) is 12.7. The maximum atomic E-state index is 12.8. The van der Waals surface area contributed by atoms with Crippen molar-refractivity contribution in [3.05, 3.63) is 68.7 Å². The minimum atomic E-state index is -3.79. The molecule has 0 atom stereocenters. The number of hydrogen-bond donors (Lipinski definition) is 0. The Kier molecular flexibility index (Phi) is 5.64. The molecule has 0 saturated carbocycles. The second kappa shape index (κ2) is 7.77. The van der Waals surface area contributed by atoms with Crippen molar-refractivity contribution in [1.82, 2.24) is 4.31 Å². The van der Waals surface area contributed by atoms with Crippen LogP contribution in [0.25, 0.3) is 0 Å². The normalized spacial score (nSPS) is 14.3. The van der Waals surface area contributed by atoms with Crippen molar-refractivity contribution in [2.75, 3.05) is 13.1 Å². The Bertz CT molecular complexity index is 944. The van der Waals surface area contributed by atoms with E-state index in [1.807, 2.05) is 24.3 Å². The first-order valence-corrected chi connectivity index (χ1v) is 10.8. The Morgan fingerprint density at radius 1 is 1.15 bits per heavy atom. The SMILES string of the molecule is O=[N+]([O-])c1ccc(S(=O)(=O)N2CCN=C2SCc2ccc(Br)cc2)cc1. The molecule has 3 rings (SSSR count). The molecule has 0 bridgehead atoms. The highest BCUT2D eigenvalue weighted by atomic mass is 79.9. The molecular weight excluding hydrogens is 442 g/mol. The summed E-state index contributed by atoms with van der Waals surface area (Å²) in [5.74, 6) is 0.596. The number of thioether (sulfide) groups is 1. The minimum absolute atomic E-state index is 0.0157. The summed E-state index contributed by atoms with van der Waals surface area (Å²) in [6.07, 6.45) is 0. The summed E-state index contributed by atoms with van der Waals surface area (Å²) in [4.78, 5) is 14.5. The van der Waals surface area contributed by atoms with Crippen molar-refractivity contribution in [1.29, 1.82) is 0 Å². The molecule has 10 heteroatoms. The zero-order valence-corrected chi connectivity index (χ0v) is 16.6. The second-order valence-corrected chi connectivity index (χ2v) is 9.13. The molecule has 1 aliphatic rings. The van der Waals surface area contributed by atoms with Crippen LogP contribution in [0.15, 0.2) is 62.9 Å². The van der Waals surface area contributed by atoms with Crippen LogP contribution in [0.1, 0.15) is 5.56 Å². The van der Waals surface area contributed by atoms with Gasteiger partial charge in [-0.2, -0.15) is 0 Å². The molecule has 1 heterocycles. The fraction of sp³-hybridized carbons (Fsp3) is 0.188. The number of hydrogen-bond acceptors (Lipinski definition) is 6. The quantitative estimate of drug-likeness (QED) is 0.506. The number of rotatable bonds is 5. The molecule has 0 saturated heterocycles. The summed E-state index contributed by atoms with van der Waals surface area (Å²) in [5, 5.41) is 11.2. The van der Waals surface area contributed by atoms with Gasteiger partial charge in [-0.15, -0.1) is 0 Å². The van der Waals surface area contributed by atoms with E-state index in [1.54, 1.807) is 0 Å². The third kappa shape index (κ3) is 4.08. The summed E-state index contributed by atoms with van der Waals surface area (Å²) < 4.78 is 27.9. The molecule has 136 valence electrons. The number of halogens is 1. The summed E-state index contributed by atoms with van der Waals surface area (Å²) in [5.41, 5.74) is 0.907. The molecule has 0 aliphatic carbocycles. The predicted octanol–water partition coefficient (Wildman–Crippen LogP) is 3.65. The lowest BCUT2D eigenvalue weighted by molar-refractivity contribution is -0.384. The molecule has 2 aromatic carbocycles.